The number of aliphatic imine (C=N–C) groups is 1. The van der Waals surface area contributed by atoms with Gasteiger partial charge in [-0.05, 0) is 38.3 Å². The van der Waals surface area contributed by atoms with Gasteiger partial charge >= 0.3 is 0 Å². The Balaban J connectivity index is 2.07. The fraction of sp³-hybridized carbons (Fsp3) is 0.526. The van der Waals surface area contributed by atoms with Crippen LogP contribution in [0.2, 0.25) is 0 Å². The zero-order chi connectivity index (χ0) is 19.2. The van der Waals surface area contributed by atoms with Gasteiger partial charge in [0.1, 0.15) is 0 Å². The molecule has 26 heavy (non-hydrogen) atoms. The van der Waals surface area contributed by atoms with Gasteiger partial charge < -0.3 is 10.2 Å². The summed E-state index contributed by atoms with van der Waals surface area (Å²) < 4.78 is 25.6. The van der Waals surface area contributed by atoms with Crippen molar-refractivity contribution in [3.63, 3.8) is 0 Å². The number of rotatable bonds is 6. The molecule has 2 rings (SSSR count). The normalized spacial score (nSPS) is 16.4. The third-order valence-corrected chi connectivity index (χ3v) is 5.00. The Morgan fingerprint density at radius 2 is 1.96 bits per heavy atom. The van der Waals surface area contributed by atoms with Crippen molar-refractivity contribution in [1.29, 1.82) is 0 Å². The quantitative estimate of drug-likeness (QED) is 0.587. The van der Waals surface area contributed by atoms with E-state index in [-0.39, 0.29) is 0 Å². The maximum absolute atomic E-state index is 11.5. The van der Waals surface area contributed by atoms with Gasteiger partial charge in [0.25, 0.3) is 0 Å². The van der Waals surface area contributed by atoms with Gasteiger partial charge in [-0.2, -0.15) is 0 Å². The Labute approximate surface area is 157 Å². The molecular weight excluding hydrogens is 348 g/mol. The molecule has 0 saturated carbocycles. The van der Waals surface area contributed by atoms with Crippen LogP contribution in [0.5, 0.6) is 0 Å². The topological polar surface area (TPSA) is 73.8 Å². The van der Waals surface area contributed by atoms with Gasteiger partial charge in [0, 0.05) is 25.2 Å². The first-order valence-corrected chi connectivity index (χ1v) is 10.9. The molecule has 1 aliphatic rings. The fourth-order valence-electron chi connectivity index (χ4n) is 3.01. The number of guanidine groups is 1. The van der Waals surface area contributed by atoms with E-state index in [1.807, 2.05) is 26.8 Å². The molecule has 0 spiro atoms. The highest BCUT2D eigenvalue weighted by atomic mass is 32.2. The predicted octanol–water partition coefficient (Wildman–Crippen LogP) is 2.07. The van der Waals surface area contributed by atoms with E-state index < -0.39 is 15.6 Å². The molecule has 6 nitrogen and oxygen atoms in total. The molecule has 0 unspecified atom stereocenters. The SMILES string of the molecule is CCNC(=NCC(C)(C)NS(C)(=O)=O)N1CC=C(c2ccccc2)CC1. The Bertz CT molecular complexity index is 755. The lowest BCUT2D eigenvalue weighted by atomic mass is 10.00. The number of hydrogen-bond donors (Lipinski definition) is 2. The van der Waals surface area contributed by atoms with Crippen molar-refractivity contribution in [3.05, 3.63) is 42.0 Å². The molecule has 2 N–H and O–H groups in total. The number of benzene rings is 1. The molecule has 7 heteroatoms. The van der Waals surface area contributed by atoms with Crippen molar-refractivity contribution in [2.45, 2.75) is 32.7 Å². The monoisotopic (exact) mass is 378 g/mol. The third kappa shape index (κ3) is 6.46. The van der Waals surface area contributed by atoms with E-state index >= 15 is 0 Å². The smallest absolute Gasteiger partial charge is 0.209 e. The van der Waals surface area contributed by atoms with Crippen molar-refractivity contribution in [2.24, 2.45) is 4.99 Å². The molecule has 0 aromatic heterocycles. The lowest BCUT2D eigenvalue weighted by Crippen LogP contribution is -2.48. The second-order valence-electron chi connectivity index (χ2n) is 7.22. The van der Waals surface area contributed by atoms with Crippen LogP contribution in [0.15, 0.2) is 41.4 Å². The third-order valence-electron chi connectivity index (χ3n) is 4.07. The maximum atomic E-state index is 11.5. The van der Waals surface area contributed by atoms with E-state index in [9.17, 15) is 8.42 Å². The number of hydrogen-bond acceptors (Lipinski definition) is 3. The van der Waals surface area contributed by atoms with Gasteiger partial charge in [0.2, 0.25) is 10.0 Å². The number of nitrogens with one attached hydrogen (secondary N) is 2. The molecule has 1 aromatic carbocycles. The molecule has 0 bridgehead atoms. The van der Waals surface area contributed by atoms with Crippen LogP contribution in [-0.2, 0) is 10.0 Å². The van der Waals surface area contributed by atoms with E-state index in [4.69, 9.17) is 0 Å². The van der Waals surface area contributed by atoms with Gasteiger partial charge in [-0.3, -0.25) is 4.99 Å². The molecule has 1 aliphatic heterocycles. The summed E-state index contributed by atoms with van der Waals surface area (Å²) in [7, 11) is -3.27. The number of sulfonamides is 1. The zero-order valence-electron chi connectivity index (χ0n) is 16.1. The summed E-state index contributed by atoms with van der Waals surface area (Å²) in [6, 6.07) is 10.4. The fourth-order valence-corrected chi connectivity index (χ4v) is 4.08. The van der Waals surface area contributed by atoms with Crippen LogP contribution < -0.4 is 10.0 Å². The zero-order valence-corrected chi connectivity index (χ0v) is 16.9. The molecule has 1 heterocycles. The summed E-state index contributed by atoms with van der Waals surface area (Å²) in [5.74, 6) is 0.819. The van der Waals surface area contributed by atoms with Crippen LogP contribution >= 0.6 is 0 Å². The van der Waals surface area contributed by atoms with Crippen molar-refractivity contribution in [3.8, 4) is 0 Å². The first-order chi connectivity index (χ1) is 12.2. The second-order valence-corrected chi connectivity index (χ2v) is 8.97. The van der Waals surface area contributed by atoms with Gasteiger partial charge in [-0.15, -0.1) is 0 Å². The summed E-state index contributed by atoms with van der Waals surface area (Å²) in [6.45, 7) is 8.52. The van der Waals surface area contributed by atoms with Crippen molar-refractivity contribution in [1.82, 2.24) is 14.9 Å². The average molecular weight is 379 g/mol. The summed E-state index contributed by atoms with van der Waals surface area (Å²) in [5.41, 5.74) is 2.00. The van der Waals surface area contributed by atoms with Crippen LogP contribution in [-0.4, -0.2) is 57.3 Å². The largest absolute Gasteiger partial charge is 0.357 e. The Hall–Kier alpha value is -1.86. The molecule has 0 atom stereocenters. The molecule has 144 valence electrons. The predicted molar refractivity (Wildman–Crippen MR) is 109 cm³/mol. The van der Waals surface area contributed by atoms with Crippen LogP contribution in [0, 0.1) is 0 Å². The van der Waals surface area contributed by atoms with Gasteiger partial charge in [-0.1, -0.05) is 36.4 Å². The number of nitrogens with zero attached hydrogens (tertiary/aromatic N) is 2. The Morgan fingerprint density at radius 3 is 2.50 bits per heavy atom. The van der Waals surface area contributed by atoms with Crippen LogP contribution in [0.1, 0.15) is 32.8 Å². The maximum Gasteiger partial charge on any atom is 0.209 e. The summed E-state index contributed by atoms with van der Waals surface area (Å²) in [6.07, 6.45) is 4.37. The van der Waals surface area contributed by atoms with E-state index in [0.717, 1.165) is 32.0 Å². The van der Waals surface area contributed by atoms with Crippen LogP contribution in [0.25, 0.3) is 5.57 Å². The minimum Gasteiger partial charge on any atom is -0.357 e. The minimum absolute atomic E-state index is 0.369. The van der Waals surface area contributed by atoms with Gasteiger partial charge in [-0.25, -0.2) is 13.1 Å². The standard InChI is InChI=1S/C19H30N4O2S/c1-5-20-18(21-15-19(2,3)22-26(4,24)25)23-13-11-17(12-14-23)16-9-7-6-8-10-16/h6-11,22H,5,12-15H2,1-4H3,(H,20,21). The van der Waals surface area contributed by atoms with Crippen molar-refractivity contribution < 1.29 is 8.42 Å². The van der Waals surface area contributed by atoms with E-state index in [1.165, 1.54) is 17.4 Å². The first-order valence-electron chi connectivity index (χ1n) is 8.97. The first kappa shape index (κ1) is 20.5. The Morgan fingerprint density at radius 1 is 1.27 bits per heavy atom. The minimum atomic E-state index is -3.27. The van der Waals surface area contributed by atoms with E-state index in [1.54, 1.807) is 0 Å². The van der Waals surface area contributed by atoms with E-state index in [0.29, 0.717) is 6.54 Å². The van der Waals surface area contributed by atoms with Crippen molar-refractivity contribution in [2.75, 3.05) is 32.4 Å². The lowest BCUT2D eigenvalue weighted by Gasteiger charge is -2.31. The molecule has 0 fully saturated rings. The highest BCUT2D eigenvalue weighted by Gasteiger charge is 2.23. The summed E-state index contributed by atoms with van der Waals surface area (Å²) >= 11 is 0. The molecule has 0 amide bonds. The van der Waals surface area contributed by atoms with Gasteiger partial charge in [0.05, 0.1) is 12.8 Å². The van der Waals surface area contributed by atoms with E-state index in [2.05, 4.69) is 50.3 Å². The average Bonchev–Trinajstić information content (AvgIpc) is 2.57. The van der Waals surface area contributed by atoms with Crippen LogP contribution in [0.4, 0.5) is 0 Å². The Kier molecular flexibility index (Phi) is 6.83. The summed E-state index contributed by atoms with van der Waals surface area (Å²) in [5, 5.41) is 3.31. The van der Waals surface area contributed by atoms with Crippen molar-refractivity contribution >= 4 is 21.6 Å². The molecular formula is C19H30N4O2S. The molecule has 0 radical (unpaired) electrons. The highest BCUT2D eigenvalue weighted by Crippen LogP contribution is 2.22. The van der Waals surface area contributed by atoms with Gasteiger partial charge in [0.15, 0.2) is 5.96 Å². The summed E-state index contributed by atoms with van der Waals surface area (Å²) in [4.78, 5) is 6.87. The van der Waals surface area contributed by atoms with Crippen LogP contribution in [0.3, 0.4) is 0 Å². The molecule has 0 aliphatic carbocycles. The molecule has 1 aromatic rings. The lowest BCUT2D eigenvalue weighted by molar-refractivity contribution is 0.427. The molecule has 0 saturated heterocycles. The highest BCUT2D eigenvalue weighted by molar-refractivity contribution is 7.88. The second kappa shape index (κ2) is 8.68.